The van der Waals surface area contributed by atoms with Gasteiger partial charge in [-0.05, 0) is 43.0 Å². The summed E-state index contributed by atoms with van der Waals surface area (Å²) < 4.78 is 0. The highest BCUT2D eigenvalue weighted by Gasteiger charge is 2.19. The van der Waals surface area contributed by atoms with Gasteiger partial charge in [-0.15, -0.1) is 0 Å². The molecule has 3 heteroatoms. The van der Waals surface area contributed by atoms with E-state index >= 15 is 0 Å². The topological polar surface area (TPSA) is 37.8 Å². The van der Waals surface area contributed by atoms with Crippen molar-refractivity contribution in [3.05, 3.63) is 48.0 Å². The van der Waals surface area contributed by atoms with Gasteiger partial charge in [0, 0.05) is 48.5 Å². The fourth-order valence-corrected chi connectivity index (χ4v) is 2.05. The molecule has 0 aliphatic heterocycles. The summed E-state index contributed by atoms with van der Waals surface area (Å²) in [7, 11) is 0. The quantitative estimate of drug-likeness (QED) is 0.891. The normalized spacial score (nSPS) is 14.7. The highest BCUT2D eigenvalue weighted by molar-refractivity contribution is 5.65. The van der Waals surface area contributed by atoms with E-state index in [0.717, 1.165) is 18.2 Å². The lowest BCUT2D eigenvalue weighted by molar-refractivity contribution is 0.686. The minimum Gasteiger partial charge on any atom is -0.310 e. The Labute approximate surface area is 107 Å². The molecule has 1 aliphatic rings. The summed E-state index contributed by atoms with van der Waals surface area (Å²) in [5, 5.41) is 3.51. The molecule has 1 aliphatic carbocycles. The third kappa shape index (κ3) is 2.57. The van der Waals surface area contributed by atoms with Crippen molar-refractivity contribution < 1.29 is 0 Å². The van der Waals surface area contributed by atoms with Gasteiger partial charge in [0.15, 0.2) is 0 Å². The van der Waals surface area contributed by atoms with Gasteiger partial charge in [-0.3, -0.25) is 9.97 Å². The summed E-state index contributed by atoms with van der Waals surface area (Å²) in [5.41, 5.74) is 4.79. The highest BCUT2D eigenvalue weighted by Crippen LogP contribution is 2.23. The van der Waals surface area contributed by atoms with Crippen molar-refractivity contribution >= 4 is 0 Å². The second-order valence-electron chi connectivity index (χ2n) is 4.93. The molecular formula is C15H17N3. The molecule has 92 valence electrons. The van der Waals surface area contributed by atoms with Gasteiger partial charge in [-0.2, -0.15) is 0 Å². The van der Waals surface area contributed by atoms with Crippen LogP contribution in [0.5, 0.6) is 0 Å². The number of nitrogens with zero attached hydrogens (tertiary/aromatic N) is 2. The van der Waals surface area contributed by atoms with E-state index in [9.17, 15) is 0 Å². The van der Waals surface area contributed by atoms with E-state index in [1.54, 1.807) is 0 Å². The van der Waals surface area contributed by atoms with Crippen LogP contribution in [0, 0.1) is 6.92 Å². The Hall–Kier alpha value is -1.74. The monoisotopic (exact) mass is 239 g/mol. The summed E-state index contributed by atoms with van der Waals surface area (Å²) in [5.74, 6) is 0. The molecule has 0 unspecified atom stereocenters. The van der Waals surface area contributed by atoms with Crippen LogP contribution in [-0.4, -0.2) is 16.0 Å². The van der Waals surface area contributed by atoms with Crippen LogP contribution in [0.4, 0.5) is 0 Å². The third-order valence-corrected chi connectivity index (χ3v) is 3.32. The molecule has 0 bridgehead atoms. The number of aryl methyl sites for hydroxylation is 1. The number of nitrogens with one attached hydrogen (secondary N) is 1. The molecule has 0 amide bonds. The number of pyridine rings is 2. The molecule has 0 radical (unpaired) electrons. The Morgan fingerprint density at radius 1 is 1.22 bits per heavy atom. The Morgan fingerprint density at radius 2 is 2.11 bits per heavy atom. The van der Waals surface area contributed by atoms with Crippen LogP contribution in [0.1, 0.15) is 24.0 Å². The fraction of sp³-hybridized carbons (Fsp3) is 0.333. The first-order chi connectivity index (χ1) is 8.83. The van der Waals surface area contributed by atoms with E-state index < -0.39 is 0 Å². The minimum absolute atomic E-state index is 0.730. The largest absolute Gasteiger partial charge is 0.310 e. The van der Waals surface area contributed by atoms with Crippen molar-refractivity contribution in [1.29, 1.82) is 0 Å². The Balaban J connectivity index is 1.83. The van der Waals surface area contributed by atoms with Crippen LogP contribution >= 0.6 is 0 Å². The summed E-state index contributed by atoms with van der Waals surface area (Å²) >= 11 is 0. The van der Waals surface area contributed by atoms with Crippen LogP contribution in [0.25, 0.3) is 11.1 Å². The van der Waals surface area contributed by atoms with Gasteiger partial charge in [0.2, 0.25) is 0 Å². The third-order valence-electron chi connectivity index (χ3n) is 3.32. The SMILES string of the molecule is Cc1ccncc1-c1cncc(CNC2CC2)c1. The van der Waals surface area contributed by atoms with Crippen LogP contribution in [0.3, 0.4) is 0 Å². The average molecular weight is 239 g/mol. The minimum atomic E-state index is 0.730. The lowest BCUT2D eigenvalue weighted by Gasteiger charge is -2.07. The first-order valence-electron chi connectivity index (χ1n) is 6.41. The van der Waals surface area contributed by atoms with Crippen molar-refractivity contribution in [3.8, 4) is 11.1 Å². The van der Waals surface area contributed by atoms with E-state index in [4.69, 9.17) is 0 Å². The Bertz CT molecular complexity index is 547. The van der Waals surface area contributed by atoms with Gasteiger partial charge in [0.1, 0.15) is 0 Å². The Kier molecular flexibility index (Phi) is 3.07. The van der Waals surface area contributed by atoms with E-state index in [-0.39, 0.29) is 0 Å². The summed E-state index contributed by atoms with van der Waals surface area (Å²) in [4.78, 5) is 8.53. The first-order valence-corrected chi connectivity index (χ1v) is 6.41. The molecule has 1 fully saturated rings. The molecule has 0 saturated heterocycles. The van der Waals surface area contributed by atoms with Crippen LogP contribution in [-0.2, 0) is 6.54 Å². The highest BCUT2D eigenvalue weighted by atomic mass is 14.9. The van der Waals surface area contributed by atoms with Crippen LogP contribution in [0.15, 0.2) is 36.9 Å². The molecule has 0 aromatic carbocycles. The van der Waals surface area contributed by atoms with E-state index in [0.29, 0.717) is 0 Å². The van der Waals surface area contributed by atoms with Crippen LogP contribution < -0.4 is 5.32 Å². The number of hydrogen-bond acceptors (Lipinski definition) is 3. The predicted molar refractivity (Wildman–Crippen MR) is 72.1 cm³/mol. The molecule has 18 heavy (non-hydrogen) atoms. The van der Waals surface area contributed by atoms with Crippen molar-refractivity contribution in [1.82, 2.24) is 15.3 Å². The number of rotatable bonds is 4. The molecule has 2 aromatic heterocycles. The Morgan fingerprint density at radius 3 is 2.89 bits per heavy atom. The molecule has 1 saturated carbocycles. The molecule has 3 rings (SSSR count). The van der Waals surface area contributed by atoms with Crippen molar-refractivity contribution in [2.75, 3.05) is 0 Å². The number of hydrogen-bond donors (Lipinski definition) is 1. The maximum absolute atomic E-state index is 4.33. The molecule has 1 N–H and O–H groups in total. The summed E-state index contributed by atoms with van der Waals surface area (Å²) in [6.07, 6.45) is 10.2. The molecule has 0 spiro atoms. The lowest BCUT2D eigenvalue weighted by Crippen LogP contribution is -2.15. The van der Waals surface area contributed by atoms with Gasteiger partial charge in [0.25, 0.3) is 0 Å². The second kappa shape index (κ2) is 4.86. The predicted octanol–water partition coefficient (Wildman–Crippen LogP) is 2.70. The molecule has 0 atom stereocenters. The summed E-state index contributed by atoms with van der Waals surface area (Å²) in [6, 6.07) is 4.96. The maximum atomic E-state index is 4.33. The molecule has 2 aromatic rings. The zero-order chi connectivity index (χ0) is 12.4. The van der Waals surface area contributed by atoms with Gasteiger partial charge >= 0.3 is 0 Å². The van der Waals surface area contributed by atoms with Gasteiger partial charge in [-0.25, -0.2) is 0 Å². The fourth-order valence-electron chi connectivity index (χ4n) is 2.05. The van der Waals surface area contributed by atoms with E-state index in [1.807, 2.05) is 30.9 Å². The second-order valence-corrected chi connectivity index (χ2v) is 4.93. The van der Waals surface area contributed by atoms with Gasteiger partial charge in [-0.1, -0.05) is 0 Å². The standard InChI is InChI=1S/C15H17N3/c1-11-4-5-16-10-15(11)13-6-12(7-17-9-13)8-18-14-2-3-14/h4-7,9-10,14,18H,2-3,8H2,1H3. The van der Waals surface area contributed by atoms with Crippen LogP contribution in [0.2, 0.25) is 0 Å². The molecule has 3 nitrogen and oxygen atoms in total. The molecule has 2 heterocycles. The smallest absolute Gasteiger partial charge is 0.0349 e. The van der Waals surface area contributed by atoms with Crippen molar-refractivity contribution in [3.63, 3.8) is 0 Å². The van der Waals surface area contributed by atoms with Gasteiger partial charge in [0.05, 0.1) is 0 Å². The van der Waals surface area contributed by atoms with Crippen molar-refractivity contribution in [2.45, 2.75) is 32.4 Å². The average Bonchev–Trinajstić information content (AvgIpc) is 3.21. The maximum Gasteiger partial charge on any atom is 0.0349 e. The van der Waals surface area contributed by atoms with Crippen molar-refractivity contribution in [2.24, 2.45) is 0 Å². The van der Waals surface area contributed by atoms with E-state index in [2.05, 4.69) is 28.3 Å². The zero-order valence-electron chi connectivity index (χ0n) is 10.6. The van der Waals surface area contributed by atoms with E-state index in [1.165, 1.54) is 29.5 Å². The summed E-state index contributed by atoms with van der Waals surface area (Å²) in [6.45, 7) is 3.01. The first kappa shape index (κ1) is 11.4. The number of aromatic nitrogens is 2. The van der Waals surface area contributed by atoms with Gasteiger partial charge < -0.3 is 5.32 Å². The molecular weight excluding hydrogens is 222 g/mol. The zero-order valence-corrected chi connectivity index (χ0v) is 10.6. The lowest BCUT2D eigenvalue weighted by atomic mass is 10.0.